The molecule has 0 amide bonds. The van der Waals surface area contributed by atoms with E-state index in [-0.39, 0.29) is 12.0 Å². The van der Waals surface area contributed by atoms with Gasteiger partial charge in [-0.25, -0.2) is 0 Å². The van der Waals surface area contributed by atoms with Crippen molar-refractivity contribution in [1.82, 2.24) is 10.2 Å². The van der Waals surface area contributed by atoms with Crippen molar-refractivity contribution in [2.75, 3.05) is 26.7 Å². The number of likely N-dealkylation sites (N-methyl/N-ethyl adjacent to an activating group) is 1. The summed E-state index contributed by atoms with van der Waals surface area (Å²) in [6.45, 7) is 3.15. The Morgan fingerprint density at radius 3 is 2.59 bits per heavy atom. The second kappa shape index (κ2) is 10.8. The molecule has 0 bridgehead atoms. The molecule has 0 spiro atoms. The van der Waals surface area contributed by atoms with E-state index in [2.05, 4.69) is 40.5 Å². The smallest absolute Gasteiger partial charge is 0.0468 e. The Morgan fingerprint density at radius 2 is 1.90 bits per heavy atom. The van der Waals surface area contributed by atoms with Gasteiger partial charge in [-0.05, 0) is 55.3 Å². The monoisotopic (exact) mass is 434 g/mol. The van der Waals surface area contributed by atoms with Gasteiger partial charge in [-0.3, -0.25) is 4.90 Å². The van der Waals surface area contributed by atoms with Gasteiger partial charge in [0.15, 0.2) is 0 Å². The molecule has 3 atom stereocenters. The van der Waals surface area contributed by atoms with E-state index in [1.54, 1.807) is 0 Å². The number of hydrogen-bond donors (Lipinski definition) is 3. The zero-order valence-corrected chi connectivity index (χ0v) is 18.6. The van der Waals surface area contributed by atoms with Gasteiger partial charge in [-0.1, -0.05) is 60.0 Å². The van der Waals surface area contributed by atoms with Crippen molar-refractivity contribution >= 4 is 23.2 Å². The third kappa shape index (κ3) is 5.32. The van der Waals surface area contributed by atoms with Crippen molar-refractivity contribution in [2.24, 2.45) is 11.5 Å². The Morgan fingerprint density at radius 1 is 1.10 bits per heavy atom. The summed E-state index contributed by atoms with van der Waals surface area (Å²) in [6.07, 6.45) is 3.33. The molecule has 0 radical (unpaired) electrons. The van der Waals surface area contributed by atoms with E-state index < -0.39 is 0 Å². The van der Waals surface area contributed by atoms with Gasteiger partial charge in [0, 0.05) is 47.7 Å². The van der Waals surface area contributed by atoms with E-state index in [0.717, 1.165) is 37.9 Å². The molecule has 1 aliphatic heterocycles. The Bertz CT molecular complexity index is 794. The van der Waals surface area contributed by atoms with Gasteiger partial charge in [0.2, 0.25) is 0 Å². The Hall–Kier alpha value is -1.14. The number of benzene rings is 2. The highest BCUT2D eigenvalue weighted by atomic mass is 35.5. The summed E-state index contributed by atoms with van der Waals surface area (Å²) in [5.74, 6) is 0.202. The first-order valence-corrected chi connectivity index (χ1v) is 11.2. The van der Waals surface area contributed by atoms with Crippen LogP contribution in [0.4, 0.5) is 0 Å². The zero-order valence-electron chi connectivity index (χ0n) is 17.1. The highest BCUT2D eigenvalue weighted by Crippen LogP contribution is 2.44. The van der Waals surface area contributed by atoms with Crippen molar-refractivity contribution in [3.8, 4) is 0 Å². The maximum Gasteiger partial charge on any atom is 0.0468 e. The van der Waals surface area contributed by atoms with E-state index in [0.29, 0.717) is 29.2 Å². The fourth-order valence-corrected chi connectivity index (χ4v) is 5.02. The van der Waals surface area contributed by atoms with Gasteiger partial charge in [0.05, 0.1) is 0 Å². The van der Waals surface area contributed by atoms with Crippen molar-refractivity contribution in [2.45, 2.75) is 43.8 Å². The van der Waals surface area contributed by atoms with Crippen LogP contribution < -0.4 is 16.8 Å². The molecule has 0 saturated heterocycles. The van der Waals surface area contributed by atoms with Crippen molar-refractivity contribution in [1.29, 1.82) is 0 Å². The number of rotatable bonds is 9. The first-order valence-electron chi connectivity index (χ1n) is 10.4. The SMILES string of the molecule is CN[C@H](CN)CCCCN1Cc2ccccc2C(CN)C1c1ccc(Cl)cc1Cl. The van der Waals surface area contributed by atoms with Crippen molar-refractivity contribution in [3.63, 3.8) is 0 Å². The third-order valence-electron chi connectivity index (χ3n) is 6.08. The molecule has 4 nitrogen and oxygen atoms in total. The van der Waals surface area contributed by atoms with E-state index in [1.165, 1.54) is 11.1 Å². The minimum atomic E-state index is 0.147. The average Bonchev–Trinajstić information content (AvgIpc) is 2.73. The number of nitrogens with two attached hydrogens (primary N) is 2. The lowest BCUT2D eigenvalue weighted by Crippen LogP contribution is -2.40. The highest BCUT2D eigenvalue weighted by molar-refractivity contribution is 6.35. The fraction of sp³-hybridized carbons (Fsp3) is 0.478. The third-order valence-corrected chi connectivity index (χ3v) is 6.64. The predicted octanol–water partition coefficient (Wildman–Crippen LogP) is 4.31. The molecule has 158 valence electrons. The lowest BCUT2D eigenvalue weighted by atomic mass is 9.80. The molecule has 1 aliphatic rings. The topological polar surface area (TPSA) is 67.3 Å². The van der Waals surface area contributed by atoms with Gasteiger partial charge in [-0.2, -0.15) is 0 Å². The average molecular weight is 435 g/mol. The molecule has 2 unspecified atom stereocenters. The molecular weight excluding hydrogens is 403 g/mol. The zero-order chi connectivity index (χ0) is 20.8. The molecule has 1 heterocycles. The summed E-state index contributed by atoms with van der Waals surface area (Å²) < 4.78 is 0. The molecule has 6 heteroatoms. The fourth-order valence-electron chi connectivity index (χ4n) is 4.50. The van der Waals surface area contributed by atoms with Gasteiger partial charge >= 0.3 is 0 Å². The van der Waals surface area contributed by atoms with E-state index in [9.17, 15) is 0 Å². The lowest BCUT2D eigenvalue weighted by molar-refractivity contribution is 0.143. The second-order valence-corrected chi connectivity index (χ2v) is 8.68. The molecule has 29 heavy (non-hydrogen) atoms. The van der Waals surface area contributed by atoms with Gasteiger partial charge < -0.3 is 16.8 Å². The maximum absolute atomic E-state index is 6.64. The molecule has 0 saturated carbocycles. The maximum atomic E-state index is 6.64. The first-order chi connectivity index (χ1) is 14.1. The molecule has 5 N–H and O–H groups in total. The molecule has 0 aliphatic carbocycles. The lowest BCUT2D eigenvalue weighted by Gasteiger charge is -2.43. The molecular formula is C23H32Cl2N4. The van der Waals surface area contributed by atoms with Crippen LogP contribution in [0.1, 0.15) is 47.9 Å². The molecule has 0 aromatic heterocycles. The molecule has 3 rings (SSSR count). The van der Waals surface area contributed by atoms with Gasteiger partial charge in [0.25, 0.3) is 0 Å². The van der Waals surface area contributed by atoms with Crippen LogP contribution in [-0.2, 0) is 6.54 Å². The summed E-state index contributed by atoms with van der Waals surface area (Å²) in [4.78, 5) is 2.53. The first kappa shape index (κ1) is 22.5. The number of nitrogens with zero attached hydrogens (tertiary/aromatic N) is 1. The standard InChI is InChI=1S/C23H32Cl2N4/c1-28-18(13-26)7-4-5-11-29-15-16-6-2-3-8-19(16)21(14-27)23(29)20-10-9-17(24)12-22(20)25/h2-3,6,8-10,12,18,21,23,28H,4-5,7,11,13-15,26-27H2,1H3/t18-,21?,23?/m0/s1. The molecule has 0 fully saturated rings. The number of fused-ring (bicyclic) bond motifs is 1. The van der Waals surface area contributed by atoms with E-state index in [1.807, 2.05) is 19.2 Å². The van der Waals surface area contributed by atoms with Crippen LogP contribution in [-0.4, -0.2) is 37.6 Å². The van der Waals surface area contributed by atoms with Crippen LogP contribution in [0.3, 0.4) is 0 Å². The van der Waals surface area contributed by atoms with Crippen LogP contribution in [0.15, 0.2) is 42.5 Å². The second-order valence-electron chi connectivity index (χ2n) is 7.84. The van der Waals surface area contributed by atoms with Crippen LogP contribution >= 0.6 is 23.2 Å². The van der Waals surface area contributed by atoms with Crippen LogP contribution in [0.5, 0.6) is 0 Å². The summed E-state index contributed by atoms with van der Waals surface area (Å²) in [5.41, 5.74) is 15.9. The van der Waals surface area contributed by atoms with E-state index in [4.69, 9.17) is 34.7 Å². The predicted molar refractivity (Wildman–Crippen MR) is 124 cm³/mol. The van der Waals surface area contributed by atoms with Gasteiger partial charge in [-0.15, -0.1) is 0 Å². The van der Waals surface area contributed by atoms with Crippen LogP contribution in [0.2, 0.25) is 10.0 Å². The van der Waals surface area contributed by atoms with Crippen LogP contribution in [0, 0.1) is 0 Å². The Labute approximate surface area is 184 Å². The number of unbranched alkanes of at least 4 members (excludes halogenated alkanes) is 1. The minimum Gasteiger partial charge on any atom is -0.330 e. The quantitative estimate of drug-likeness (QED) is 0.514. The number of halogens is 2. The largest absolute Gasteiger partial charge is 0.330 e. The number of hydrogen-bond acceptors (Lipinski definition) is 4. The van der Waals surface area contributed by atoms with Crippen molar-refractivity contribution < 1.29 is 0 Å². The molecule has 2 aromatic rings. The summed E-state index contributed by atoms with van der Waals surface area (Å²) in [7, 11) is 1.98. The minimum absolute atomic E-state index is 0.147. The van der Waals surface area contributed by atoms with Crippen LogP contribution in [0.25, 0.3) is 0 Å². The van der Waals surface area contributed by atoms with E-state index >= 15 is 0 Å². The Balaban J connectivity index is 1.85. The van der Waals surface area contributed by atoms with Crippen molar-refractivity contribution in [3.05, 3.63) is 69.2 Å². The number of nitrogens with one attached hydrogen (secondary N) is 1. The summed E-state index contributed by atoms with van der Waals surface area (Å²) >= 11 is 12.8. The Kier molecular flexibility index (Phi) is 8.36. The summed E-state index contributed by atoms with van der Waals surface area (Å²) in [5, 5.41) is 4.65. The highest BCUT2D eigenvalue weighted by Gasteiger charge is 2.36. The molecule has 2 aromatic carbocycles. The van der Waals surface area contributed by atoms with Gasteiger partial charge in [0.1, 0.15) is 0 Å². The summed E-state index contributed by atoms with van der Waals surface area (Å²) in [6, 6.07) is 15.0. The normalized spacial score (nSPS) is 20.4.